The maximum absolute atomic E-state index is 13.4. The molecule has 6 heteroatoms. The van der Waals surface area contributed by atoms with Crippen LogP contribution in [0, 0.1) is 0 Å². The van der Waals surface area contributed by atoms with Gasteiger partial charge in [0.2, 0.25) is 0 Å². The molecular weight excluding hydrogens is 342 g/mol. The van der Waals surface area contributed by atoms with Gasteiger partial charge in [-0.25, -0.2) is 4.98 Å². The van der Waals surface area contributed by atoms with E-state index in [9.17, 15) is 4.79 Å². The number of para-hydroxylation sites is 3. The van der Waals surface area contributed by atoms with Crippen molar-refractivity contribution >= 4 is 10.9 Å². The Balaban J connectivity index is 2.21. The molecule has 142 valence electrons. The molecule has 1 aromatic heterocycles. The van der Waals surface area contributed by atoms with Gasteiger partial charge in [-0.05, 0) is 38.1 Å². The van der Waals surface area contributed by atoms with E-state index in [1.807, 2.05) is 56.3 Å². The lowest BCUT2D eigenvalue weighted by Gasteiger charge is -2.21. The molecule has 3 aromatic rings. The first-order chi connectivity index (χ1) is 13.2. The van der Waals surface area contributed by atoms with Gasteiger partial charge in [0.05, 0.1) is 35.8 Å². The zero-order valence-electron chi connectivity index (χ0n) is 15.9. The van der Waals surface area contributed by atoms with E-state index in [1.165, 1.54) is 0 Å². The molecule has 0 fully saturated rings. The third-order valence-electron chi connectivity index (χ3n) is 4.35. The van der Waals surface area contributed by atoms with Gasteiger partial charge in [0.15, 0.2) is 0 Å². The quantitative estimate of drug-likeness (QED) is 0.620. The Morgan fingerprint density at radius 2 is 1.89 bits per heavy atom. The molecule has 0 unspecified atom stereocenters. The molecule has 1 atom stereocenters. The van der Waals surface area contributed by atoms with Crippen molar-refractivity contribution < 1.29 is 9.47 Å². The topological polar surface area (TPSA) is 65.4 Å². The van der Waals surface area contributed by atoms with E-state index < -0.39 is 0 Å². The zero-order valence-corrected chi connectivity index (χ0v) is 15.9. The first-order valence-corrected chi connectivity index (χ1v) is 9.13. The summed E-state index contributed by atoms with van der Waals surface area (Å²) in [7, 11) is 1.66. The van der Waals surface area contributed by atoms with Gasteiger partial charge in [-0.1, -0.05) is 24.3 Å². The number of fused-ring (bicyclic) bond motifs is 1. The number of rotatable bonds is 8. The highest BCUT2D eigenvalue weighted by Gasteiger charge is 2.19. The fourth-order valence-electron chi connectivity index (χ4n) is 3.06. The summed E-state index contributed by atoms with van der Waals surface area (Å²) in [5.74, 6) is 1.30. The van der Waals surface area contributed by atoms with Gasteiger partial charge < -0.3 is 14.8 Å². The van der Waals surface area contributed by atoms with Gasteiger partial charge in [-0.2, -0.15) is 0 Å². The highest BCUT2D eigenvalue weighted by Crippen LogP contribution is 2.25. The zero-order chi connectivity index (χ0) is 19.2. The first-order valence-electron chi connectivity index (χ1n) is 9.13. The number of benzene rings is 2. The van der Waals surface area contributed by atoms with Crippen LogP contribution in [0.15, 0.2) is 53.3 Å². The molecule has 1 heterocycles. The van der Waals surface area contributed by atoms with E-state index in [2.05, 4.69) is 5.32 Å². The van der Waals surface area contributed by atoms with Gasteiger partial charge in [0.1, 0.15) is 11.6 Å². The van der Waals surface area contributed by atoms with Gasteiger partial charge in [0, 0.05) is 13.7 Å². The lowest BCUT2D eigenvalue weighted by atomic mass is 10.2. The molecule has 0 aliphatic heterocycles. The van der Waals surface area contributed by atoms with Crippen molar-refractivity contribution in [2.45, 2.75) is 19.9 Å². The molecule has 0 saturated carbocycles. The van der Waals surface area contributed by atoms with Gasteiger partial charge in [-0.3, -0.25) is 9.36 Å². The molecule has 6 nitrogen and oxygen atoms in total. The minimum Gasteiger partial charge on any atom is -0.492 e. The van der Waals surface area contributed by atoms with E-state index in [0.717, 1.165) is 0 Å². The average Bonchev–Trinajstić information content (AvgIpc) is 2.69. The minimum atomic E-state index is -0.146. The number of nitrogens with one attached hydrogen (secondary N) is 1. The van der Waals surface area contributed by atoms with Crippen molar-refractivity contribution in [3.8, 4) is 11.4 Å². The number of hydrogen-bond acceptors (Lipinski definition) is 5. The molecule has 0 radical (unpaired) electrons. The standard InChI is InChI=1S/C21H25N3O3/c1-4-27-19-12-8-7-11-18(19)24-20(15(2)22-13-14-26-3)23-17-10-6-5-9-16(17)21(24)25/h5-12,15,22H,4,13-14H2,1-3H3/t15-/m1/s1. The summed E-state index contributed by atoms with van der Waals surface area (Å²) in [5.41, 5.74) is 1.27. The van der Waals surface area contributed by atoms with Crippen molar-refractivity contribution in [3.63, 3.8) is 0 Å². The third-order valence-corrected chi connectivity index (χ3v) is 4.35. The maximum Gasteiger partial charge on any atom is 0.266 e. The third kappa shape index (κ3) is 4.02. The highest BCUT2D eigenvalue weighted by molar-refractivity contribution is 5.78. The predicted molar refractivity (Wildman–Crippen MR) is 107 cm³/mol. The van der Waals surface area contributed by atoms with Crippen LogP contribution in [-0.4, -0.2) is 36.4 Å². The Labute approximate surface area is 158 Å². The molecule has 3 rings (SSSR count). The van der Waals surface area contributed by atoms with E-state index in [1.54, 1.807) is 17.7 Å². The van der Waals surface area contributed by atoms with Crippen LogP contribution in [0.5, 0.6) is 5.75 Å². The lowest BCUT2D eigenvalue weighted by Crippen LogP contribution is -2.31. The Morgan fingerprint density at radius 1 is 1.15 bits per heavy atom. The molecule has 0 spiro atoms. The second kappa shape index (κ2) is 8.79. The van der Waals surface area contributed by atoms with Crippen molar-refractivity contribution in [2.75, 3.05) is 26.9 Å². The summed E-state index contributed by atoms with van der Waals surface area (Å²) in [6, 6.07) is 14.8. The second-order valence-corrected chi connectivity index (χ2v) is 6.20. The smallest absolute Gasteiger partial charge is 0.266 e. The Morgan fingerprint density at radius 3 is 2.67 bits per heavy atom. The fourth-order valence-corrected chi connectivity index (χ4v) is 3.06. The average molecular weight is 367 g/mol. The Bertz CT molecular complexity index is 968. The molecule has 0 saturated heterocycles. The van der Waals surface area contributed by atoms with Gasteiger partial charge >= 0.3 is 0 Å². The summed E-state index contributed by atoms with van der Waals surface area (Å²) in [6.07, 6.45) is 0. The summed E-state index contributed by atoms with van der Waals surface area (Å²) >= 11 is 0. The van der Waals surface area contributed by atoms with E-state index in [0.29, 0.717) is 47.9 Å². The first kappa shape index (κ1) is 19.1. The molecule has 0 aliphatic rings. The summed E-state index contributed by atoms with van der Waals surface area (Å²) in [5, 5.41) is 3.95. The van der Waals surface area contributed by atoms with Gasteiger partial charge in [0.25, 0.3) is 5.56 Å². The van der Waals surface area contributed by atoms with Crippen LogP contribution < -0.4 is 15.6 Å². The van der Waals surface area contributed by atoms with Crippen molar-refractivity contribution in [1.82, 2.24) is 14.9 Å². The predicted octanol–water partition coefficient (Wildman–Crippen LogP) is 3.08. The lowest BCUT2D eigenvalue weighted by molar-refractivity contribution is 0.196. The molecule has 1 N–H and O–H groups in total. The van der Waals surface area contributed by atoms with Crippen LogP contribution in [0.25, 0.3) is 16.6 Å². The van der Waals surface area contributed by atoms with Crippen molar-refractivity contribution in [3.05, 3.63) is 64.7 Å². The molecule has 0 bridgehead atoms. The Hall–Kier alpha value is -2.70. The molecule has 27 heavy (non-hydrogen) atoms. The maximum atomic E-state index is 13.4. The van der Waals surface area contributed by atoms with Crippen LogP contribution in [0.1, 0.15) is 25.7 Å². The normalized spacial score (nSPS) is 12.3. The van der Waals surface area contributed by atoms with E-state index in [4.69, 9.17) is 14.5 Å². The summed E-state index contributed by atoms with van der Waals surface area (Å²) in [4.78, 5) is 18.2. The number of nitrogens with zero attached hydrogens (tertiary/aromatic N) is 2. The van der Waals surface area contributed by atoms with E-state index >= 15 is 0 Å². The molecule has 0 aliphatic carbocycles. The van der Waals surface area contributed by atoms with Gasteiger partial charge in [-0.15, -0.1) is 0 Å². The van der Waals surface area contributed by atoms with Crippen LogP contribution in [0.4, 0.5) is 0 Å². The number of aromatic nitrogens is 2. The summed E-state index contributed by atoms with van der Waals surface area (Å²) < 4.78 is 12.5. The number of ether oxygens (including phenoxy) is 2. The minimum absolute atomic E-state index is 0.108. The highest BCUT2D eigenvalue weighted by atomic mass is 16.5. The SMILES string of the molecule is CCOc1ccccc1-n1c([C@@H](C)NCCOC)nc2ccccc2c1=O. The second-order valence-electron chi connectivity index (χ2n) is 6.20. The van der Waals surface area contributed by atoms with Crippen LogP contribution in [-0.2, 0) is 4.74 Å². The van der Waals surface area contributed by atoms with Crippen LogP contribution in [0.2, 0.25) is 0 Å². The van der Waals surface area contributed by atoms with E-state index in [-0.39, 0.29) is 11.6 Å². The largest absolute Gasteiger partial charge is 0.492 e. The molecule has 0 amide bonds. The summed E-state index contributed by atoms with van der Waals surface area (Å²) in [6.45, 7) is 5.68. The number of hydrogen-bond donors (Lipinski definition) is 1. The van der Waals surface area contributed by atoms with Crippen molar-refractivity contribution in [2.24, 2.45) is 0 Å². The van der Waals surface area contributed by atoms with Crippen molar-refractivity contribution in [1.29, 1.82) is 0 Å². The fraction of sp³-hybridized carbons (Fsp3) is 0.333. The monoisotopic (exact) mass is 367 g/mol. The van der Waals surface area contributed by atoms with Crippen LogP contribution >= 0.6 is 0 Å². The molecular formula is C21H25N3O3. The molecule has 2 aromatic carbocycles. The Kier molecular flexibility index (Phi) is 6.21. The number of methoxy groups -OCH3 is 1. The van der Waals surface area contributed by atoms with Crippen LogP contribution in [0.3, 0.4) is 0 Å².